The van der Waals surface area contributed by atoms with E-state index in [0.717, 1.165) is 19.3 Å². The second-order valence-corrected chi connectivity index (χ2v) is 4.84. The summed E-state index contributed by atoms with van der Waals surface area (Å²) in [5.74, 6) is 0.272. The molecule has 0 saturated heterocycles. The molecule has 2 unspecified atom stereocenters. The predicted octanol–water partition coefficient (Wildman–Crippen LogP) is 1.93. The zero-order valence-electron chi connectivity index (χ0n) is 8.78. The van der Waals surface area contributed by atoms with Crippen molar-refractivity contribution >= 4 is 21.8 Å². The maximum absolute atomic E-state index is 11.8. The van der Waals surface area contributed by atoms with Gasteiger partial charge in [-0.25, -0.2) is 0 Å². The Morgan fingerprint density at radius 2 is 2.38 bits per heavy atom. The van der Waals surface area contributed by atoms with Gasteiger partial charge in [-0.15, -0.1) is 0 Å². The van der Waals surface area contributed by atoms with Crippen LogP contribution in [0.15, 0.2) is 21.2 Å². The minimum Gasteiger partial charge on any atom is -0.444 e. The maximum atomic E-state index is 11.8. The van der Waals surface area contributed by atoms with Gasteiger partial charge in [-0.05, 0) is 40.9 Å². The third-order valence-corrected chi connectivity index (χ3v) is 3.43. The highest BCUT2D eigenvalue weighted by Gasteiger charge is 2.28. The molecule has 16 heavy (non-hydrogen) atoms. The monoisotopic (exact) mass is 287 g/mol. The predicted molar refractivity (Wildman–Crippen MR) is 62.1 cm³/mol. The molecule has 1 aliphatic rings. The van der Waals surface area contributed by atoms with Gasteiger partial charge in [0.1, 0.15) is 0 Å². The number of furan rings is 1. The van der Waals surface area contributed by atoms with Crippen molar-refractivity contribution in [2.45, 2.75) is 25.3 Å². The molecular formula is C11H14BrNO3. The Morgan fingerprint density at radius 1 is 1.56 bits per heavy atom. The quantitative estimate of drug-likeness (QED) is 0.893. The van der Waals surface area contributed by atoms with Crippen molar-refractivity contribution < 1.29 is 14.3 Å². The van der Waals surface area contributed by atoms with E-state index in [4.69, 9.17) is 9.52 Å². The molecule has 0 radical (unpaired) electrons. The van der Waals surface area contributed by atoms with Crippen molar-refractivity contribution in [3.05, 3.63) is 22.6 Å². The Labute approximate surface area is 102 Å². The number of carbonyl (C=O) groups excluding carboxylic acids is 1. The van der Waals surface area contributed by atoms with E-state index in [0.29, 0.717) is 10.4 Å². The first-order valence-electron chi connectivity index (χ1n) is 5.38. The van der Waals surface area contributed by atoms with Crippen LogP contribution in [0.3, 0.4) is 0 Å². The third kappa shape index (κ3) is 2.47. The molecule has 1 saturated carbocycles. The average molecular weight is 288 g/mol. The fourth-order valence-electron chi connectivity index (χ4n) is 2.12. The first-order chi connectivity index (χ1) is 7.70. The molecule has 0 aliphatic heterocycles. The number of halogens is 1. The van der Waals surface area contributed by atoms with E-state index in [1.807, 2.05) is 0 Å². The van der Waals surface area contributed by atoms with E-state index < -0.39 is 0 Å². The molecule has 1 aliphatic carbocycles. The molecule has 1 amide bonds. The van der Waals surface area contributed by atoms with Gasteiger partial charge in [0.15, 0.2) is 10.4 Å². The number of nitrogens with one attached hydrogen (secondary N) is 1. The van der Waals surface area contributed by atoms with Crippen LogP contribution in [0.5, 0.6) is 0 Å². The molecule has 0 spiro atoms. The molecule has 2 N–H and O–H groups in total. The van der Waals surface area contributed by atoms with Crippen LogP contribution < -0.4 is 5.32 Å². The lowest BCUT2D eigenvalue weighted by Gasteiger charge is -2.18. The lowest BCUT2D eigenvalue weighted by Crippen LogP contribution is -2.38. The van der Waals surface area contributed by atoms with Gasteiger partial charge in [-0.1, -0.05) is 6.42 Å². The van der Waals surface area contributed by atoms with Crippen LogP contribution in [-0.4, -0.2) is 23.7 Å². The van der Waals surface area contributed by atoms with Crippen LogP contribution in [-0.2, 0) is 0 Å². The van der Waals surface area contributed by atoms with Crippen LogP contribution in [0.2, 0.25) is 0 Å². The number of rotatable bonds is 3. The van der Waals surface area contributed by atoms with Crippen molar-refractivity contribution in [3.8, 4) is 0 Å². The van der Waals surface area contributed by atoms with Crippen molar-refractivity contribution in [1.82, 2.24) is 5.32 Å². The van der Waals surface area contributed by atoms with Crippen molar-refractivity contribution in [3.63, 3.8) is 0 Å². The molecule has 1 fully saturated rings. The van der Waals surface area contributed by atoms with Crippen LogP contribution in [0.25, 0.3) is 0 Å². The summed E-state index contributed by atoms with van der Waals surface area (Å²) in [6, 6.07) is 3.39. The van der Waals surface area contributed by atoms with Crippen LogP contribution in [0, 0.1) is 5.92 Å². The summed E-state index contributed by atoms with van der Waals surface area (Å²) in [4.78, 5) is 11.8. The zero-order valence-corrected chi connectivity index (χ0v) is 10.4. The van der Waals surface area contributed by atoms with E-state index in [-0.39, 0.29) is 24.5 Å². The summed E-state index contributed by atoms with van der Waals surface area (Å²) < 4.78 is 5.71. The summed E-state index contributed by atoms with van der Waals surface area (Å²) >= 11 is 3.15. The summed E-state index contributed by atoms with van der Waals surface area (Å²) in [5, 5.41) is 12.0. The van der Waals surface area contributed by atoms with E-state index in [1.54, 1.807) is 12.1 Å². The second-order valence-electron chi connectivity index (χ2n) is 4.06. The molecule has 5 heteroatoms. The summed E-state index contributed by atoms with van der Waals surface area (Å²) in [7, 11) is 0. The van der Waals surface area contributed by atoms with Crippen molar-refractivity contribution in [1.29, 1.82) is 0 Å². The van der Waals surface area contributed by atoms with E-state index >= 15 is 0 Å². The minimum atomic E-state index is -0.212. The average Bonchev–Trinajstić information content (AvgIpc) is 2.86. The maximum Gasteiger partial charge on any atom is 0.287 e. The third-order valence-electron chi connectivity index (χ3n) is 3.01. The van der Waals surface area contributed by atoms with Gasteiger partial charge in [-0.3, -0.25) is 4.79 Å². The number of aliphatic hydroxyl groups is 1. The lowest BCUT2D eigenvalue weighted by atomic mass is 10.1. The molecule has 88 valence electrons. The van der Waals surface area contributed by atoms with E-state index in [2.05, 4.69) is 21.2 Å². The Kier molecular flexibility index (Phi) is 3.66. The SMILES string of the molecule is O=C(NC1CCCC1CO)c1ccc(Br)o1. The molecule has 2 atom stereocenters. The topological polar surface area (TPSA) is 62.5 Å². The Balaban J connectivity index is 1.97. The lowest BCUT2D eigenvalue weighted by molar-refractivity contribution is 0.0886. The van der Waals surface area contributed by atoms with Gasteiger partial charge in [0.2, 0.25) is 0 Å². The zero-order chi connectivity index (χ0) is 11.5. The summed E-state index contributed by atoms with van der Waals surface area (Å²) in [5.41, 5.74) is 0. The molecule has 1 aromatic heterocycles. The molecule has 1 heterocycles. The first-order valence-corrected chi connectivity index (χ1v) is 6.17. The molecule has 1 aromatic rings. The standard InChI is InChI=1S/C11H14BrNO3/c12-10-5-4-9(16-10)11(15)13-8-3-1-2-7(8)6-14/h4-5,7-8,14H,1-3,6H2,(H,13,15). The normalized spacial score (nSPS) is 24.6. The van der Waals surface area contributed by atoms with Gasteiger partial charge >= 0.3 is 0 Å². The Hall–Kier alpha value is -0.810. The highest BCUT2D eigenvalue weighted by molar-refractivity contribution is 9.10. The molecule has 0 aromatic carbocycles. The fourth-order valence-corrected chi connectivity index (χ4v) is 2.43. The minimum absolute atomic E-state index is 0.0707. The van der Waals surface area contributed by atoms with Crippen LogP contribution in [0.4, 0.5) is 0 Å². The smallest absolute Gasteiger partial charge is 0.287 e. The highest BCUT2D eigenvalue weighted by atomic mass is 79.9. The van der Waals surface area contributed by atoms with Crippen LogP contribution in [0.1, 0.15) is 29.8 Å². The van der Waals surface area contributed by atoms with Crippen molar-refractivity contribution in [2.75, 3.05) is 6.61 Å². The number of amides is 1. The van der Waals surface area contributed by atoms with Gasteiger partial charge < -0.3 is 14.8 Å². The summed E-state index contributed by atoms with van der Waals surface area (Å²) in [6.07, 6.45) is 2.96. The first kappa shape index (κ1) is 11.7. The number of hydrogen-bond acceptors (Lipinski definition) is 3. The van der Waals surface area contributed by atoms with Gasteiger partial charge in [-0.2, -0.15) is 0 Å². The van der Waals surface area contributed by atoms with Crippen LogP contribution >= 0.6 is 15.9 Å². The van der Waals surface area contributed by atoms with Gasteiger partial charge in [0.05, 0.1) is 0 Å². The number of carbonyl (C=O) groups is 1. The Bertz CT molecular complexity index is 377. The molecule has 2 rings (SSSR count). The van der Waals surface area contributed by atoms with Gasteiger partial charge in [0.25, 0.3) is 5.91 Å². The fraction of sp³-hybridized carbons (Fsp3) is 0.545. The second kappa shape index (κ2) is 5.01. The molecule has 0 bridgehead atoms. The van der Waals surface area contributed by atoms with E-state index in [9.17, 15) is 4.79 Å². The molecule has 4 nitrogen and oxygen atoms in total. The largest absolute Gasteiger partial charge is 0.444 e. The highest BCUT2D eigenvalue weighted by Crippen LogP contribution is 2.25. The number of aliphatic hydroxyl groups excluding tert-OH is 1. The number of hydrogen-bond donors (Lipinski definition) is 2. The van der Waals surface area contributed by atoms with Gasteiger partial charge in [0, 0.05) is 18.6 Å². The molecular weight excluding hydrogens is 274 g/mol. The Morgan fingerprint density at radius 3 is 3.00 bits per heavy atom. The van der Waals surface area contributed by atoms with Crippen molar-refractivity contribution in [2.24, 2.45) is 5.92 Å². The van der Waals surface area contributed by atoms with E-state index in [1.165, 1.54) is 0 Å². The summed E-state index contributed by atoms with van der Waals surface area (Å²) in [6.45, 7) is 0.132.